The van der Waals surface area contributed by atoms with E-state index in [0.717, 1.165) is 36.6 Å². The van der Waals surface area contributed by atoms with Crippen LogP contribution >= 0.6 is 22.9 Å². The SMILES string of the molecule is COC(=O)c1sc2cccc(Cl)c2c1NC(=O)CS(=O)(=O)c1cccc(C(F)(F)F)c1. The number of anilines is 1. The van der Waals surface area contributed by atoms with E-state index in [0.29, 0.717) is 16.2 Å². The summed E-state index contributed by atoms with van der Waals surface area (Å²) in [5.74, 6) is -2.97. The van der Waals surface area contributed by atoms with Crippen LogP contribution in [0.1, 0.15) is 15.2 Å². The molecule has 0 saturated heterocycles. The molecule has 0 fully saturated rings. The van der Waals surface area contributed by atoms with Gasteiger partial charge >= 0.3 is 12.1 Å². The number of rotatable bonds is 5. The normalized spacial score (nSPS) is 12.0. The van der Waals surface area contributed by atoms with Gasteiger partial charge in [-0.25, -0.2) is 13.2 Å². The van der Waals surface area contributed by atoms with Crippen LogP contribution in [0.5, 0.6) is 0 Å². The molecule has 0 aliphatic carbocycles. The Morgan fingerprint density at radius 1 is 1.16 bits per heavy atom. The van der Waals surface area contributed by atoms with Crippen LogP contribution < -0.4 is 5.32 Å². The summed E-state index contributed by atoms with van der Waals surface area (Å²) in [4.78, 5) is 23.9. The molecule has 1 amide bonds. The van der Waals surface area contributed by atoms with Crippen LogP contribution in [0.4, 0.5) is 18.9 Å². The third kappa shape index (κ3) is 4.83. The van der Waals surface area contributed by atoms with Crippen molar-refractivity contribution < 1.29 is 35.9 Å². The van der Waals surface area contributed by atoms with Crippen molar-refractivity contribution in [2.24, 2.45) is 0 Å². The van der Waals surface area contributed by atoms with Crippen molar-refractivity contribution in [3.05, 3.63) is 57.9 Å². The fraction of sp³-hybridized carbons (Fsp3) is 0.158. The zero-order chi connectivity index (χ0) is 23.0. The minimum atomic E-state index is -4.74. The monoisotopic (exact) mass is 491 g/mol. The van der Waals surface area contributed by atoms with E-state index in [9.17, 15) is 31.2 Å². The molecular weight excluding hydrogens is 479 g/mol. The average Bonchev–Trinajstić information content (AvgIpc) is 3.06. The number of thiophene rings is 1. The lowest BCUT2D eigenvalue weighted by atomic mass is 10.2. The summed E-state index contributed by atoms with van der Waals surface area (Å²) < 4.78 is 68.9. The number of fused-ring (bicyclic) bond motifs is 1. The number of hydrogen-bond acceptors (Lipinski definition) is 6. The van der Waals surface area contributed by atoms with E-state index >= 15 is 0 Å². The van der Waals surface area contributed by atoms with Crippen LogP contribution in [-0.2, 0) is 25.5 Å². The number of sulfone groups is 1. The van der Waals surface area contributed by atoms with Crippen LogP contribution in [-0.4, -0.2) is 33.2 Å². The first-order valence-electron chi connectivity index (χ1n) is 8.43. The van der Waals surface area contributed by atoms with E-state index in [2.05, 4.69) is 5.32 Å². The average molecular weight is 492 g/mol. The largest absolute Gasteiger partial charge is 0.465 e. The molecule has 1 N–H and O–H groups in total. The van der Waals surface area contributed by atoms with Gasteiger partial charge in [-0.15, -0.1) is 11.3 Å². The Balaban J connectivity index is 1.94. The number of halogens is 4. The van der Waals surface area contributed by atoms with Gasteiger partial charge in [0.1, 0.15) is 10.6 Å². The summed E-state index contributed by atoms with van der Waals surface area (Å²) in [6, 6.07) is 7.89. The van der Waals surface area contributed by atoms with Gasteiger partial charge in [0.2, 0.25) is 5.91 Å². The number of carbonyl (C=O) groups excluding carboxylic acids is 2. The number of hydrogen-bond donors (Lipinski definition) is 1. The van der Waals surface area contributed by atoms with E-state index in [-0.39, 0.29) is 15.6 Å². The molecule has 1 heterocycles. The second-order valence-electron chi connectivity index (χ2n) is 6.24. The zero-order valence-electron chi connectivity index (χ0n) is 15.6. The maximum Gasteiger partial charge on any atom is 0.416 e. The first-order chi connectivity index (χ1) is 14.4. The van der Waals surface area contributed by atoms with Crippen LogP contribution in [0.3, 0.4) is 0 Å². The Kier molecular flexibility index (Phi) is 6.30. The molecule has 6 nitrogen and oxygen atoms in total. The van der Waals surface area contributed by atoms with Crippen LogP contribution in [0.25, 0.3) is 10.1 Å². The molecule has 3 rings (SSSR count). The van der Waals surface area contributed by atoms with Crippen molar-refractivity contribution in [2.45, 2.75) is 11.1 Å². The summed E-state index contributed by atoms with van der Waals surface area (Å²) >= 11 is 7.16. The molecule has 12 heteroatoms. The van der Waals surface area contributed by atoms with Gasteiger partial charge in [0.05, 0.1) is 28.3 Å². The molecular formula is C19H13ClF3NO5S2. The lowest BCUT2D eigenvalue weighted by Crippen LogP contribution is -2.24. The van der Waals surface area contributed by atoms with Crippen molar-refractivity contribution in [3.8, 4) is 0 Å². The summed E-state index contributed by atoms with van der Waals surface area (Å²) in [5, 5.41) is 2.87. The zero-order valence-corrected chi connectivity index (χ0v) is 18.0. The Labute approximate surface area is 183 Å². The number of ether oxygens (including phenoxy) is 1. The molecule has 0 unspecified atom stereocenters. The molecule has 0 spiro atoms. The number of methoxy groups -OCH3 is 1. The van der Waals surface area contributed by atoms with Gasteiger partial charge in [-0.1, -0.05) is 23.7 Å². The number of carbonyl (C=O) groups is 2. The van der Waals surface area contributed by atoms with Gasteiger partial charge in [0, 0.05) is 10.1 Å². The molecule has 0 aliphatic rings. The molecule has 0 bridgehead atoms. The lowest BCUT2D eigenvalue weighted by molar-refractivity contribution is -0.137. The van der Waals surface area contributed by atoms with E-state index < -0.39 is 44.1 Å². The standard InChI is InChI=1S/C19H13ClF3NO5S2/c1-29-18(26)17-16(15-12(20)6-3-7-13(15)30-17)24-14(25)9-31(27,28)11-5-2-4-10(8-11)19(21,22)23/h2-8H,9H2,1H3,(H,24,25). The van der Waals surface area contributed by atoms with Gasteiger partial charge in [0.25, 0.3) is 0 Å². The third-order valence-corrected chi connectivity index (χ3v) is 7.21. The molecule has 0 aliphatic heterocycles. The Morgan fingerprint density at radius 2 is 1.84 bits per heavy atom. The van der Waals surface area contributed by atoms with Gasteiger partial charge in [0.15, 0.2) is 9.84 Å². The highest BCUT2D eigenvalue weighted by atomic mass is 35.5. The van der Waals surface area contributed by atoms with Crippen molar-refractivity contribution in [3.63, 3.8) is 0 Å². The maximum absolute atomic E-state index is 12.9. The number of alkyl halides is 3. The molecule has 0 saturated carbocycles. The van der Waals surface area contributed by atoms with Crippen molar-refractivity contribution in [1.29, 1.82) is 0 Å². The smallest absolute Gasteiger partial charge is 0.416 e. The fourth-order valence-corrected chi connectivity index (χ4v) is 5.36. The molecule has 2 aromatic carbocycles. The van der Waals surface area contributed by atoms with Crippen LogP contribution in [0.2, 0.25) is 5.02 Å². The van der Waals surface area contributed by atoms with Gasteiger partial charge in [-0.3, -0.25) is 4.79 Å². The summed E-state index contributed by atoms with van der Waals surface area (Å²) in [6.45, 7) is 0. The van der Waals surface area contributed by atoms with Gasteiger partial charge < -0.3 is 10.1 Å². The van der Waals surface area contributed by atoms with Crippen molar-refractivity contribution >= 4 is 60.4 Å². The van der Waals surface area contributed by atoms with E-state index in [1.165, 1.54) is 6.07 Å². The summed E-state index contributed by atoms with van der Waals surface area (Å²) in [6.07, 6.45) is -4.74. The quantitative estimate of drug-likeness (QED) is 0.519. The number of esters is 1. The van der Waals surface area contributed by atoms with Crippen LogP contribution in [0, 0.1) is 0 Å². The van der Waals surface area contributed by atoms with E-state index in [1.807, 2.05) is 0 Å². The second-order valence-corrected chi connectivity index (χ2v) is 9.69. The van der Waals surface area contributed by atoms with Gasteiger partial charge in [-0.05, 0) is 30.3 Å². The predicted molar refractivity (Wildman–Crippen MR) is 110 cm³/mol. The van der Waals surface area contributed by atoms with Crippen molar-refractivity contribution in [1.82, 2.24) is 0 Å². The highest BCUT2D eigenvalue weighted by Crippen LogP contribution is 2.40. The highest BCUT2D eigenvalue weighted by Gasteiger charge is 2.32. The van der Waals surface area contributed by atoms with Gasteiger partial charge in [-0.2, -0.15) is 13.2 Å². The summed E-state index contributed by atoms with van der Waals surface area (Å²) in [7, 11) is -3.27. The first-order valence-corrected chi connectivity index (χ1v) is 11.3. The predicted octanol–water partition coefficient (Wildman–Crippen LogP) is 4.77. The minimum absolute atomic E-state index is 0.00424. The minimum Gasteiger partial charge on any atom is -0.465 e. The Bertz CT molecular complexity index is 1290. The molecule has 31 heavy (non-hydrogen) atoms. The molecule has 3 aromatic rings. The third-order valence-electron chi connectivity index (χ3n) is 4.14. The van der Waals surface area contributed by atoms with Crippen molar-refractivity contribution in [2.75, 3.05) is 18.2 Å². The highest BCUT2D eigenvalue weighted by molar-refractivity contribution is 7.92. The molecule has 164 valence electrons. The molecule has 1 aromatic heterocycles. The number of amides is 1. The molecule has 0 atom stereocenters. The number of nitrogens with one attached hydrogen (secondary N) is 1. The van der Waals surface area contributed by atoms with E-state index in [1.54, 1.807) is 12.1 Å². The molecule has 0 radical (unpaired) electrons. The number of benzene rings is 2. The topological polar surface area (TPSA) is 89.5 Å². The second kappa shape index (κ2) is 8.48. The Hall–Kier alpha value is -2.63. The lowest BCUT2D eigenvalue weighted by Gasteiger charge is -2.10. The summed E-state index contributed by atoms with van der Waals surface area (Å²) in [5.41, 5.74) is -1.18. The van der Waals surface area contributed by atoms with Crippen LogP contribution in [0.15, 0.2) is 47.4 Å². The van der Waals surface area contributed by atoms with E-state index in [4.69, 9.17) is 16.3 Å². The maximum atomic E-state index is 12.9. The fourth-order valence-electron chi connectivity index (χ4n) is 2.76. The first kappa shape index (κ1) is 23.0. The Morgan fingerprint density at radius 3 is 2.48 bits per heavy atom.